The van der Waals surface area contributed by atoms with E-state index < -0.39 is 0 Å². The molecule has 1 heterocycles. The topological polar surface area (TPSA) is 15.3 Å². The van der Waals surface area contributed by atoms with Crippen LogP contribution >= 0.6 is 0 Å². The smallest absolute Gasteiger partial charge is 0.0197 e. The van der Waals surface area contributed by atoms with Crippen LogP contribution in [0.5, 0.6) is 0 Å². The van der Waals surface area contributed by atoms with Crippen molar-refractivity contribution < 1.29 is 0 Å². The molecule has 3 atom stereocenters. The molecule has 1 N–H and O–H groups in total. The van der Waals surface area contributed by atoms with Crippen molar-refractivity contribution in [2.45, 2.75) is 64.5 Å². The van der Waals surface area contributed by atoms with Gasteiger partial charge in [0.05, 0.1) is 0 Å². The van der Waals surface area contributed by atoms with Crippen molar-refractivity contribution in [1.29, 1.82) is 0 Å². The van der Waals surface area contributed by atoms with E-state index in [1.807, 2.05) is 0 Å². The number of hydrogen-bond acceptors (Lipinski definition) is 2. The van der Waals surface area contributed by atoms with E-state index in [1.165, 1.54) is 51.6 Å². The average Bonchev–Trinajstić information content (AvgIpc) is 2.29. The highest BCUT2D eigenvalue weighted by atomic mass is 15.1. The lowest BCUT2D eigenvalue weighted by Gasteiger charge is -2.37. The molecule has 17 heavy (non-hydrogen) atoms. The fourth-order valence-corrected chi connectivity index (χ4v) is 3.62. The molecular formula is C15H30N2. The summed E-state index contributed by atoms with van der Waals surface area (Å²) in [4.78, 5) is 2.48. The van der Waals surface area contributed by atoms with Gasteiger partial charge < -0.3 is 10.2 Å². The molecule has 0 amide bonds. The Morgan fingerprint density at radius 1 is 1.06 bits per heavy atom. The van der Waals surface area contributed by atoms with Gasteiger partial charge in [0.25, 0.3) is 0 Å². The zero-order chi connectivity index (χ0) is 12.3. The van der Waals surface area contributed by atoms with Gasteiger partial charge in [0.2, 0.25) is 0 Å². The highest BCUT2D eigenvalue weighted by molar-refractivity contribution is 4.85. The molecule has 100 valence electrons. The molecular weight excluding hydrogens is 208 g/mol. The number of nitrogens with zero attached hydrogens (tertiary/aromatic N) is 1. The third-order valence-corrected chi connectivity index (χ3v) is 4.75. The Kier molecular flexibility index (Phi) is 4.87. The lowest BCUT2D eigenvalue weighted by molar-refractivity contribution is 0.178. The average molecular weight is 238 g/mol. The largest absolute Gasteiger partial charge is 0.310 e. The molecule has 3 unspecified atom stereocenters. The van der Waals surface area contributed by atoms with Crippen molar-refractivity contribution in [3.05, 3.63) is 0 Å². The second-order valence-electron chi connectivity index (χ2n) is 6.64. The number of piperidine rings is 1. The summed E-state index contributed by atoms with van der Waals surface area (Å²) in [5, 5.41) is 3.93. The van der Waals surface area contributed by atoms with Gasteiger partial charge in [-0.05, 0) is 51.1 Å². The third kappa shape index (κ3) is 3.96. The first-order valence-corrected chi connectivity index (χ1v) is 7.59. The van der Waals surface area contributed by atoms with Gasteiger partial charge in [0, 0.05) is 18.6 Å². The molecule has 1 saturated heterocycles. The van der Waals surface area contributed by atoms with E-state index in [4.69, 9.17) is 0 Å². The minimum Gasteiger partial charge on any atom is -0.310 e. The zero-order valence-corrected chi connectivity index (χ0v) is 11.9. The Bertz CT molecular complexity index is 227. The van der Waals surface area contributed by atoms with Gasteiger partial charge in [-0.2, -0.15) is 0 Å². The summed E-state index contributed by atoms with van der Waals surface area (Å²) in [6.45, 7) is 7.32. The van der Waals surface area contributed by atoms with Crippen molar-refractivity contribution in [2.75, 3.05) is 20.1 Å². The van der Waals surface area contributed by atoms with Gasteiger partial charge in [-0.3, -0.25) is 0 Å². The Labute approximate surface area is 107 Å². The van der Waals surface area contributed by atoms with E-state index in [1.54, 1.807) is 0 Å². The predicted molar refractivity (Wildman–Crippen MR) is 74.2 cm³/mol. The van der Waals surface area contributed by atoms with E-state index >= 15 is 0 Å². The Balaban J connectivity index is 1.78. The van der Waals surface area contributed by atoms with Crippen LogP contribution in [0.25, 0.3) is 0 Å². The van der Waals surface area contributed by atoms with Crippen molar-refractivity contribution in [1.82, 2.24) is 10.2 Å². The van der Waals surface area contributed by atoms with Crippen LogP contribution in [0.4, 0.5) is 0 Å². The lowest BCUT2D eigenvalue weighted by atomic mass is 9.79. The molecule has 2 rings (SSSR count). The van der Waals surface area contributed by atoms with Crippen molar-refractivity contribution >= 4 is 0 Å². The fraction of sp³-hybridized carbons (Fsp3) is 1.00. The summed E-state index contributed by atoms with van der Waals surface area (Å²) in [7, 11) is 2.26. The minimum atomic E-state index is 0.754. The van der Waals surface area contributed by atoms with Crippen LogP contribution in [0.2, 0.25) is 0 Å². The Morgan fingerprint density at radius 2 is 1.82 bits per heavy atom. The summed E-state index contributed by atoms with van der Waals surface area (Å²) >= 11 is 0. The van der Waals surface area contributed by atoms with Crippen LogP contribution in [-0.2, 0) is 0 Å². The second-order valence-corrected chi connectivity index (χ2v) is 6.64. The van der Waals surface area contributed by atoms with Gasteiger partial charge in [-0.1, -0.05) is 26.7 Å². The first kappa shape index (κ1) is 13.4. The quantitative estimate of drug-likeness (QED) is 0.813. The standard InChI is InChI=1S/C15H30N2/c1-12(2)13-6-4-7-14(10-13)16-15-8-5-9-17(3)11-15/h12-16H,4-11H2,1-3H3. The van der Waals surface area contributed by atoms with Crippen molar-refractivity contribution in [2.24, 2.45) is 11.8 Å². The summed E-state index contributed by atoms with van der Waals surface area (Å²) < 4.78 is 0. The number of rotatable bonds is 3. The monoisotopic (exact) mass is 238 g/mol. The summed E-state index contributed by atoms with van der Waals surface area (Å²) in [6, 6.07) is 1.55. The Morgan fingerprint density at radius 3 is 2.53 bits per heavy atom. The SMILES string of the molecule is CC(C)C1CCCC(NC2CCCN(C)C2)C1. The molecule has 1 saturated carbocycles. The number of hydrogen-bond donors (Lipinski definition) is 1. The van der Waals surface area contributed by atoms with E-state index in [0.29, 0.717) is 0 Å². The summed E-state index contributed by atoms with van der Waals surface area (Å²) in [5.41, 5.74) is 0. The molecule has 2 aliphatic rings. The molecule has 0 aromatic rings. The molecule has 1 aliphatic heterocycles. The van der Waals surface area contributed by atoms with Crippen LogP contribution in [0.15, 0.2) is 0 Å². The van der Waals surface area contributed by atoms with Crippen LogP contribution in [0.3, 0.4) is 0 Å². The zero-order valence-electron chi connectivity index (χ0n) is 11.9. The number of likely N-dealkylation sites (tertiary alicyclic amines) is 1. The van der Waals surface area contributed by atoms with Crippen LogP contribution in [0, 0.1) is 11.8 Å². The fourth-order valence-electron chi connectivity index (χ4n) is 3.62. The molecule has 2 nitrogen and oxygen atoms in total. The van der Waals surface area contributed by atoms with E-state index in [2.05, 4.69) is 31.1 Å². The molecule has 0 radical (unpaired) electrons. The van der Waals surface area contributed by atoms with Crippen LogP contribution in [0.1, 0.15) is 52.4 Å². The maximum Gasteiger partial charge on any atom is 0.0197 e. The van der Waals surface area contributed by atoms with Crippen molar-refractivity contribution in [3.8, 4) is 0 Å². The summed E-state index contributed by atoms with van der Waals surface area (Å²) in [6.07, 6.45) is 8.46. The second kappa shape index (κ2) is 6.19. The lowest BCUT2D eigenvalue weighted by Crippen LogP contribution is -2.49. The highest BCUT2D eigenvalue weighted by Crippen LogP contribution is 2.30. The van der Waals surface area contributed by atoms with Crippen LogP contribution < -0.4 is 5.32 Å². The van der Waals surface area contributed by atoms with Crippen molar-refractivity contribution in [3.63, 3.8) is 0 Å². The molecule has 2 heteroatoms. The van der Waals surface area contributed by atoms with Crippen LogP contribution in [-0.4, -0.2) is 37.1 Å². The molecule has 0 bridgehead atoms. The summed E-state index contributed by atoms with van der Waals surface area (Å²) in [5.74, 6) is 1.83. The van der Waals surface area contributed by atoms with E-state index in [-0.39, 0.29) is 0 Å². The molecule has 1 aliphatic carbocycles. The van der Waals surface area contributed by atoms with Gasteiger partial charge in [-0.25, -0.2) is 0 Å². The first-order valence-electron chi connectivity index (χ1n) is 7.59. The predicted octanol–water partition coefficient (Wildman–Crippen LogP) is 2.89. The van der Waals surface area contributed by atoms with Gasteiger partial charge in [0.1, 0.15) is 0 Å². The van der Waals surface area contributed by atoms with Gasteiger partial charge in [-0.15, -0.1) is 0 Å². The normalized spacial score (nSPS) is 36.4. The maximum atomic E-state index is 3.93. The highest BCUT2D eigenvalue weighted by Gasteiger charge is 2.26. The molecule has 2 fully saturated rings. The molecule has 0 aromatic carbocycles. The first-order chi connectivity index (χ1) is 8.15. The van der Waals surface area contributed by atoms with E-state index in [9.17, 15) is 0 Å². The molecule has 0 spiro atoms. The van der Waals surface area contributed by atoms with Gasteiger partial charge >= 0.3 is 0 Å². The number of nitrogens with one attached hydrogen (secondary N) is 1. The third-order valence-electron chi connectivity index (χ3n) is 4.75. The van der Waals surface area contributed by atoms with E-state index in [0.717, 1.165) is 23.9 Å². The maximum absolute atomic E-state index is 3.93. The molecule has 0 aromatic heterocycles. The Hall–Kier alpha value is -0.0800. The number of likely N-dealkylation sites (N-methyl/N-ethyl adjacent to an activating group) is 1. The van der Waals surface area contributed by atoms with Gasteiger partial charge in [0.15, 0.2) is 0 Å². The minimum absolute atomic E-state index is 0.754.